The maximum Gasteiger partial charge on any atom is 0.266 e. The van der Waals surface area contributed by atoms with Crippen LogP contribution in [-0.2, 0) is 0 Å². The summed E-state index contributed by atoms with van der Waals surface area (Å²) >= 11 is 4.68. The minimum Gasteiger partial charge on any atom is -0.437 e. The molecule has 0 unspecified atom stereocenters. The first-order valence-corrected chi connectivity index (χ1v) is 4.21. The molecule has 1 aromatic heterocycles. The Bertz CT molecular complexity index is 518. The molecule has 0 fully saturated rings. The molecule has 1 N–H and O–H groups in total. The molecule has 1 aromatic carbocycles. The van der Waals surface area contributed by atoms with Crippen LogP contribution < -0.4 is 0 Å². The highest BCUT2D eigenvalue weighted by Crippen LogP contribution is 2.21. The van der Waals surface area contributed by atoms with E-state index in [0.717, 1.165) is 6.07 Å². The molecule has 0 aliphatic heterocycles. The normalized spacial score (nSPS) is 10.4. The van der Waals surface area contributed by atoms with Gasteiger partial charge in [-0.3, -0.25) is 0 Å². The number of hydrogen-bond acceptors (Lipinski definition) is 2. The third-order valence-electron chi connectivity index (χ3n) is 1.74. The molecule has 0 aliphatic carbocycles. The highest BCUT2D eigenvalue weighted by molar-refractivity contribution is 7.71. The van der Waals surface area contributed by atoms with Crippen molar-refractivity contribution >= 4 is 12.2 Å². The van der Waals surface area contributed by atoms with E-state index >= 15 is 0 Å². The zero-order chi connectivity index (χ0) is 10.1. The van der Waals surface area contributed by atoms with E-state index in [2.05, 4.69) is 17.2 Å². The molecule has 0 bridgehead atoms. The standard InChI is InChI=1S/C9H5F2NOS/c10-5-1-2-6(7(11)3-5)8-4-13-9(14)12-8/h1-4H,(H,12,14). The van der Waals surface area contributed by atoms with Crippen molar-refractivity contribution in [2.24, 2.45) is 0 Å². The van der Waals surface area contributed by atoms with Crippen LogP contribution in [0.3, 0.4) is 0 Å². The Labute approximate surface area is 83.2 Å². The Kier molecular flexibility index (Phi) is 2.17. The van der Waals surface area contributed by atoms with Gasteiger partial charge in [0.1, 0.15) is 17.9 Å². The van der Waals surface area contributed by atoms with Crippen LogP contribution >= 0.6 is 12.2 Å². The molecule has 2 rings (SSSR count). The second kappa shape index (κ2) is 3.34. The van der Waals surface area contributed by atoms with Crippen molar-refractivity contribution < 1.29 is 13.2 Å². The predicted octanol–water partition coefficient (Wildman–Crippen LogP) is 3.28. The van der Waals surface area contributed by atoms with E-state index in [1.54, 1.807) is 0 Å². The van der Waals surface area contributed by atoms with Gasteiger partial charge in [0, 0.05) is 11.6 Å². The number of halogens is 2. The molecule has 1 heterocycles. The number of aromatic nitrogens is 1. The smallest absolute Gasteiger partial charge is 0.266 e. The Morgan fingerprint density at radius 3 is 2.64 bits per heavy atom. The van der Waals surface area contributed by atoms with Crippen LogP contribution in [0.2, 0.25) is 0 Å². The molecule has 0 amide bonds. The predicted molar refractivity (Wildman–Crippen MR) is 49.2 cm³/mol. The van der Waals surface area contributed by atoms with Gasteiger partial charge in [-0.25, -0.2) is 8.78 Å². The summed E-state index contributed by atoms with van der Waals surface area (Å²) in [6.45, 7) is 0. The highest BCUT2D eigenvalue weighted by atomic mass is 32.1. The molecule has 2 aromatic rings. The molecule has 0 saturated carbocycles. The van der Waals surface area contributed by atoms with Crippen molar-refractivity contribution in [1.82, 2.24) is 4.98 Å². The third kappa shape index (κ3) is 1.58. The van der Waals surface area contributed by atoms with Crippen LogP contribution in [0.25, 0.3) is 11.3 Å². The monoisotopic (exact) mass is 213 g/mol. The van der Waals surface area contributed by atoms with Crippen molar-refractivity contribution in [3.05, 3.63) is 40.9 Å². The number of H-pyrrole nitrogens is 1. The SMILES string of the molecule is Fc1ccc(-c2coc(=S)[nH]2)c(F)c1. The van der Waals surface area contributed by atoms with Gasteiger partial charge in [0.05, 0.1) is 5.69 Å². The van der Waals surface area contributed by atoms with Crippen molar-refractivity contribution in [2.45, 2.75) is 0 Å². The maximum absolute atomic E-state index is 13.2. The van der Waals surface area contributed by atoms with E-state index in [1.807, 2.05) is 0 Å². The summed E-state index contributed by atoms with van der Waals surface area (Å²) in [6, 6.07) is 3.29. The number of aromatic amines is 1. The summed E-state index contributed by atoms with van der Waals surface area (Å²) in [5.74, 6) is -1.27. The molecular formula is C9H5F2NOS. The lowest BCUT2D eigenvalue weighted by atomic mass is 10.1. The Balaban J connectivity index is 2.57. The molecule has 14 heavy (non-hydrogen) atoms. The van der Waals surface area contributed by atoms with E-state index in [0.29, 0.717) is 5.69 Å². The van der Waals surface area contributed by atoms with Crippen LogP contribution in [0.4, 0.5) is 8.78 Å². The van der Waals surface area contributed by atoms with Crippen molar-refractivity contribution in [3.63, 3.8) is 0 Å². The lowest BCUT2D eigenvalue weighted by molar-refractivity contribution is 0.540. The van der Waals surface area contributed by atoms with Gasteiger partial charge in [-0.2, -0.15) is 0 Å². The van der Waals surface area contributed by atoms with Gasteiger partial charge in [0.25, 0.3) is 4.84 Å². The molecular weight excluding hydrogens is 208 g/mol. The van der Waals surface area contributed by atoms with Gasteiger partial charge in [-0.05, 0) is 24.4 Å². The van der Waals surface area contributed by atoms with Crippen LogP contribution in [0.1, 0.15) is 0 Å². The fourth-order valence-corrected chi connectivity index (χ4v) is 1.28. The van der Waals surface area contributed by atoms with Crippen molar-refractivity contribution in [1.29, 1.82) is 0 Å². The van der Waals surface area contributed by atoms with Gasteiger partial charge < -0.3 is 9.40 Å². The van der Waals surface area contributed by atoms with Crippen LogP contribution in [-0.4, -0.2) is 4.98 Å². The Morgan fingerprint density at radius 2 is 2.07 bits per heavy atom. The fourth-order valence-electron chi connectivity index (χ4n) is 1.12. The number of hydrogen-bond donors (Lipinski definition) is 1. The summed E-state index contributed by atoms with van der Waals surface area (Å²) in [5.41, 5.74) is 0.624. The zero-order valence-corrected chi connectivity index (χ0v) is 7.70. The summed E-state index contributed by atoms with van der Waals surface area (Å²) in [7, 11) is 0. The van der Waals surface area contributed by atoms with Crippen LogP contribution in [0.5, 0.6) is 0 Å². The van der Waals surface area contributed by atoms with Gasteiger partial charge in [-0.1, -0.05) is 0 Å². The van der Waals surface area contributed by atoms with E-state index in [4.69, 9.17) is 4.42 Å². The summed E-state index contributed by atoms with van der Waals surface area (Å²) in [5, 5.41) is 0. The average molecular weight is 213 g/mol. The number of oxazole rings is 1. The zero-order valence-electron chi connectivity index (χ0n) is 6.88. The summed E-state index contributed by atoms with van der Waals surface area (Å²) < 4.78 is 30.6. The molecule has 0 atom stereocenters. The quantitative estimate of drug-likeness (QED) is 0.736. The molecule has 0 saturated heterocycles. The molecule has 5 heteroatoms. The topological polar surface area (TPSA) is 28.9 Å². The second-order valence-electron chi connectivity index (χ2n) is 2.69. The molecule has 0 spiro atoms. The Morgan fingerprint density at radius 1 is 1.29 bits per heavy atom. The lowest BCUT2D eigenvalue weighted by Crippen LogP contribution is -1.85. The number of rotatable bonds is 1. The van der Waals surface area contributed by atoms with E-state index in [1.165, 1.54) is 18.4 Å². The molecule has 2 nitrogen and oxygen atoms in total. The van der Waals surface area contributed by atoms with Crippen LogP contribution in [0, 0.1) is 16.5 Å². The van der Waals surface area contributed by atoms with Gasteiger partial charge in [0.2, 0.25) is 0 Å². The number of nitrogens with one attached hydrogen (secondary N) is 1. The molecule has 72 valence electrons. The summed E-state index contributed by atoms with van der Waals surface area (Å²) in [6.07, 6.45) is 1.29. The van der Waals surface area contributed by atoms with Gasteiger partial charge in [-0.15, -0.1) is 0 Å². The largest absolute Gasteiger partial charge is 0.437 e. The minimum absolute atomic E-state index is 0.156. The fraction of sp³-hybridized carbons (Fsp3) is 0. The Hall–Kier alpha value is -1.49. The van der Waals surface area contributed by atoms with E-state index in [9.17, 15) is 8.78 Å². The first kappa shape index (κ1) is 9.08. The summed E-state index contributed by atoms with van der Waals surface area (Å²) in [4.78, 5) is 2.79. The highest BCUT2D eigenvalue weighted by Gasteiger charge is 2.07. The first-order valence-electron chi connectivity index (χ1n) is 3.80. The third-order valence-corrected chi connectivity index (χ3v) is 1.94. The van der Waals surface area contributed by atoms with Crippen molar-refractivity contribution in [2.75, 3.05) is 0 Å². The van der Waals surface area contributed by atoms with E-state index < -0.39 is 11.6 Å². The second-order valence-corrected chi connectivity index (χ2v) is 3.06. The first-order chi connectivity index (χ1) is 6.66. The number of benzene rings is 1. The minimum atomic E-state index is -0.656. The van der Waals surface area contributed by atoms with Gasteiger partial charge >= 0.3 is 0 Å². The van der Waals surface area contributed by atoms with Crippen molar-refractivity contribution in [3.8, 4) is 11.3 Å². The molecule has 0 aliphatic rings. The van der Waals surface area contributed by atoms with Crippen LogP contribution in [0.15, 0.2) is 28.9 Å². The van der Waals surface area contributed by atoms with E-state index in [-0.39, 0.29) is 10.4 Å². The van der Waals surface area contributed by atoms with Gasteiger partial charge in [0.15, 0.2) is 0 Å². The molecule has 0 radical (unpaired) electrons. The maximum atomic E-state index is 13.2. The lowest BCUT2D eigenvalue weighted by Gasteiger charge is -1.98. The average Bonchev–Trinajstić information content (AvgIpc) is 2.51.